The summed E-state index contributed by atoms with van der Waals surface area (Å²) >= 11 is 0. The Balaban J connectivity index is 1.55. The molecule has 0 saturated carbocycles. The van der Waals surface area contributed by atoms with Gasteiger partial charge in [0.25, 0.3) is 11.8 Å². The van der Waals surface area contributed by atoms with E-state index < -0.39 is 23.6 Å². The molecule has 2 amide bonds. The zero-order chi connectivity index (χ0) is 22.9. The van der Waals surface area contributed by atoms with Gasteiger partial charge in [0.1, 0.15) is 0 Å². The first-order valence-corrected chi connectivity index (χ1v) is 9.40. The van der Waals surface area contributed by atoms with Crippen molar-refractivity contribution in [3.05, 3.63) is 89.5 Å². The molecule has 0 saturated heterocycles. The van der Waals surface area contributed by atoms with Crippen LogP contribution < -0.4 is 10.6 Å². The number of carbonyl (C=O) groups excluding carboxylic acids is 2. The summed E-state index contributed by atoms with van der Waals surface area (Å²) in [5, 5.41) is 9.29. The molecule has 2 aromatic heterocycles. The van der Waals surface area contributed by atoms with Crippen LogP contribution in [0.2, 0.25) is 0 Å². The molecule has 0 unspecified atom stereocenters. The fraction of sp³-hybridized carbons (Fsp3) is 0.0909. The molecule has 4 rings (SSSR count). The van der Waals surface area contributed by atoms with Gasteiger partial charge in [-0.1, -0.05) is 12.1 Å². The lowest BCUT2D eigenvalue weighted by Crippen LogP contribution is -2.16. The van der Waals surface area contributed by atoms with E-state index in [1.54, 1.807) is 19.2 Å². The number of anilines is 2. The van der Waals surface area contributed by atoms with E-state index in [2.05, 4.69) is 20.7 Å². The second kappa shape index (κ2) is 8.14. The number of alkyl halides is 3. The lowest BCUT2D eigenvalue weighted by Gasteiger charge is -2.12. The smallest absolute Gasteiger partial charge is 0.322 e. The SMILES string of the molecule is Cc1ccc(C(=O)Nc2cccc(C(F)(F)F)c2)cc1NC(=O)c1cnn2ccncc12. The van der Waals surface area contributed by atoms with Crippen LogP contribution in [0, 0.1) is 6.92 Å². The number of aromatic nitrogens is 3. The van der Waals surface area contributed by atoms with Crippen LogP contribution in [0.25, 0.3) is 5.52 Å². The standard InChI is InChI=1S/C22H16F3N5O2/c1-13-5-6-14(20(31)28-16-4-2-3-15(10-16)22(23,24)25)9-18(13)29-21(32)17-11-27-30-8-7-26-12-19(17)30/h2-12H,1H3,(H,28,31)(H,29,32). The summed E-state index contributed by atoms with van der Waals surface area (Å²) in [6.07, 6.45) is 1.55. The number of hydrogen-bond donors (Lipinski definition) is 2. The van der Waals surface area contributed by atoms with E-state index in [4.69, 9.17) is 0 Å². The zero-order valence-electron chi connectivity index (χ0n) is 16.6. The number of fused-ring (bicyclic) bond motifs is 1. The quantitative estimate of drug-likeness (QED) is 0.488. The highest BCUT2D eigenvalue weighted by molar-refractivity contribution is 6.10. The van der Waals surface area contributed by atoms with Crippen molar-refractivity contribution in [2.24, 2.45) is 0 Å². The molecule has 2 heterocycles. The van der Waals surface area contributed by atoms with Crippen molar-refractivity contribution in [2.45, 2.75) is 13.1 Å². The zero-order valence-corrected chi connectivity index (χ0v) is 16.6. The molecule has 32 heavy (non-hydrogen) atoms. The third-order valence-corrected chi connectivity index (χ3v) is 4.77. The topological polar surface area (TPSA) is 88.4 Å². The highest BCUT2D eigenvalue weighted by Gasteiger charge is 2.30. The molecule has 0 fully saturated rings. The van der Waals surface area contributed by atoms with Crippen LogP contribution in [0.15, 0.2) is 67.3 Å². The van der Waals surface area contributed by atoms with Gasteiger partial charge >= 0.3 is 6.18 Å². The number of carbonyl (C=O) groups is 2. The number of hydrogen-bond acceptors (Lipinski definition) is 4. The van der Waals surface area contributed by atoms with Gasteiger partial charge in [0.05, 0.1) is 29.0 Å². The molecule has 0 atom stereocenters. The number of amides is 2. The Morgan fingerprint density at radius 3 is 2.59 bits per heavy atom. The average Bonchev–Trinajstić information content (AvgIpc) is 3.19. The molecule has 7 nitrogen and oxygen atoms in total. The molecule has 0 aliphatic heterocycles. The third kappa shape index (κ3) is 4.29. The van der Waals surface area contributed by atoms with E-state index in [0.717, 1.165) is 12.1 Å². The first kappa shape index (κ1) is 21.0. The molecule has 4 aromatic rings. The molecular formula is C22H16F3N5O2. The van der Waals surface area contributed by atoms with Crippen LogP contribution in [-0.4, -0.2) is 26.4 Å². The van der Waals surface area contributed by atoms with Crippen molar-refractivity contribution in [3.8, 4) is 0 Å². The number of aryl methyl sites for hydroxylation is 1. The second-order valence-corrected chi connectivity index (χ2v) is 6.98. The van der Waals surface area contributed by atoms with Crippen LogP contribution in [0.5, 0.6) is 0 Å². The van der Waals surface area contributed by atoms with E-state index in [0.29, 0.717) is 22.3 Å². The van der Waals surface area contributed by atoms with E-state index >= 15 is 0 Å². The van der Waals surface area contributed by atoms with Crippen molar-refractivity contribution in [2.75, 3.05) is 10.6 Å². The summed E-state index contributed by atoms with van der Waals surface area (Å²) in [6, 6.07) is 8.97. The molecule has 0 aliphatic carbocycles. The van der Waals surface area contributed by atoms with Crippen LogP contribution >= 0.6 is 0 Å². The van der Waals surface area contributed by atoms with Gasteiger partial charge in [-0.2, -0.15) is 18.3 Å². The maximum atomic E-state index is 12.9. The summed E-state index contributed by atoms with van der Waals surface area (Å²) in [7, 11) is 0. The normalized spacial score (nSPS) is 11.4. The van der Waals surface area contributed by atoms with E-state index in [-0.39, 0.29) is 11.3 Å². The molecule has 10 heteroatoms. The molecule has 0 bridgehead atoms. The van der Waals surface area contributed by atoms with E-state index in [1.807, 2.05) is 0 Å². The van der Waals surface area contributed by atoms with Gasteiger partial charge in [-0.05, 0) is 42.8 Å². The minimum absolute atomic E-state index is 0.00911. The Hall–Kier alpha value is -4.21. The van der Waals surface area contributed by atoms with Crippen molar-refractivity contribution < 1.29 is 22.8 Å². The van der Waals surface area contributed by atoms with Crippen LogP contribution in [0.1, 0.15) is 31.8 Å². The Morgan fingerprint density at radius 1 is 1.00 bits per heavy atom. The average molecular weight is 439 g/mol. The van der Waals surface area contributed by atoms with Crippen molar-refractivity contribution in [3.63, 3.8) is 0 Å². The van der Waals surface area contributed by atoms with E-state index in [1.165, 1.54) is 47.4 Å². The van der Waals surface area contributed by atoms with Gasteiger partial charge in [-0.25, -0.2) is 4.52 Å². The van der Waals surface area contributed by atoms with E-state index in [9.17, 15) is 22.8 Å². The predicted molar refractivity (Wildman–Crippen MR) is 112 cm³/mol. The number of rotatable bonds is 4. The summed E-state index contributed by atoms with van der Waals surface area (Å²) in [5.74, 6) is -1.05. The first-order chi connectivity index (χ1) is 15.2. The van der Waals surface area contributed by atoms with Crippen LogP contribution in [0.3, 0.4) is 0 Å². The fourth-order valence-electron chi connectivity index (χ4n) is 3.07. The van der Waals surface area contributed by atoms with Crippen molar-refractivity contribution in [1.29, 1.82) is 0 Å². The lowest BCUT2D eigenvalue weighted by molar-refractivity contribution is -0.137. The molecule has 2 N–H and O–H groups in total. The number of nitrogens with zero attached hydrogens (tertiary/aromatic N) is 3. The van der Waals surface area contributed by atoms with Gasteiger partial charge < -0.3 is 10.6 Å². The second-order valence-electron chi connectivity index (χ2n) is 6.98. The molecule has 0 spiro atoms. The largest absolute Gasteiger partial charge is 0.416 e. The Labute approximate surface area is 179 Å². The highest BCUT2D eigenvalue weighted by atomic mass is 19.4. The molecule has 0 radical (unpaired) electrons. The first-order valence-electron chi connectivity index (χ1n) is 9.40. The van der Waals surface area contributed by atoms with Crippen LogP contribution in [-0.2, 0) is 6.18 Å². The van der Waals surface area contributed by atoms with Gasteiger partial charge in [0.2, 0.25) is 0 Å². The molecule has 162 valence electrons. The summed E-state index contributed by atoms with van der Waals surface area (Å²) in [4.78, 5) is 29.3. The fourth-order valence-corrected chi connectivity index (χ4v) is 3.07. The Kier molecular flexibility index (Phi) is 5.35. The van der Waals surface area contributed by atoms with Gasteiger partial charge in [-0.15, -0.1) is 0 Å². The number of benzene rings is 2. The third-order valence-electron chi connectivity index (χ3n) is 4.77. The molecule has 2 aromatic carbocycles. The predicted octanol–water partition coefficient (Wildman–Crippen LogP) is 4.56. The summed E-state index contributed by atoms with van der Waals surface area (Å²) in [5.41, 5.74) is 1.21. The maximum Gasteiger partial charge on any atom is 0.416 e. The monoisotopic (exact) mass is 439 g/mol. The van der Waals surface area contributed by atoms with Crippen molar-refractivity contribution in [1.82, 2.24) is 14.6 Å². The van der Waals surface area contributed by atoms with Gasteiger partial charge in [0.15, 0.2) is 0 Å². The minimum atomic E-state index is -4.52. The number of nitrogens with one attached hydrogen (secondary N) is 2. The van der Waals surface area contributed by atoms with Crippen molar-refractivity contribution >= 4 is 28.7 Å². The van der Waals surface area contributed by atoms with Gasteiger partial charge in [-0.3, -0.25) is 14.6 Å². The lowest BCUT2D eigenvalue weighted by atomic mass is 10.1. The Morgan fingerprint density at radius 2 is 1.81 bits per heavy atom. The minimum Gasteiger partial charge on any atom is -0.322 e. The number of halogens is 3. The molecule has 0 aliphatic rings. The van der Waals surface area contributed by atoms with Gasteiger partial charge in [0, 0.05) is 29.3 Å². The highest BCUT2D eigenvalue weighted by Crippen LogP contribution is 2.31. The maximum absolute atomic E-state index is 12.9. The molecular weight excluding hydrogens is 423 g/mol. The Bertz CT molecular complexity index is 1330. The summed E-state index contributed by atoms with van der Waals surface area (Å²) < 4.78 is 40.2. The van der Waals surface area contributed by atoms with Crippen LogP contribution in [0.4, 0.5) is 24.5 Å². The summed E-state index contributed by atoms with van der Waals surface area (Å²) in [6.45, 7) is 1.75.